The van der Waals surface area contributed by atoms with Gasteiger partial charge in [0.2, 0.25) is 0 Å². The van der Waals surface area contributed by atoms with Crippen molar-refractivity contribution in [3.05, 3.63) is 83.9 Å². The molecular formula is C24H23F3N4O2. The molecule has 6 nitrogen and oxygen atoms in total. The minimum Gasteiger partial charge on any atom is -0.394 e. The van der Waals surface area contributed by atoms with Crippen molar-refractivity contribution in [1.82, 2.24) is 0 Å². The molecule has 0 amide bonds. The molecule has 33 heavy (non-hydrogen) atoms. The van der Waals surface area contributed by atoms with Crippen LogP contribution >= 0.6 is 0 Å². The van der Waals surface area contributed by atoms with Crippen LogP contribution in [0.15, 0.2) is 93.3 Å². The van der Waals surface area contributed by atoms with Crippen LogP contribution in [0.3, 0.4) is 0 Å². The van der Waals surface area contributed by atoms with E-state index in [4.69, 9.17) is 9.84 Å². The first-order valence-corrected chi connectivity index (χ1v) is 10.3. The second-order valence-corrected chi connectivity index (χ2v) is 7.07. The quantitative estimate of drug-likeness (QED) is 0.254. The van der Waals surface area contributed by atoms with Gasteiger partial charge in [-0.25, -0.2) is 0 Å². The molecule has 0 fully saturated rings. The van der Waals surface area contributed by atoms with Crippen molar-refractivity contribution in [1.29, 1.82) is 0 Å². The summed E-state index contributed by atoms with van der Waals surface area (Å²) >= 11 is 0. The number of aryl methyl sites for hydroxylation is 1. The van der Waals surface area contributed by atoms with Gasteiger partial charge in [-0.15, -0.1) is 0 Å². The standard InChI is InChI=1S/C24H23F3N4O2/c25-24(26,27)19-5-9-21(10-6-19)29-31-23-13-11-22(12-14-23)30-28-20-7-3-18(4-8-20)2-1-16-33-17-15-32/h3-14,32H,1-2,15-17H2. The summed E-state index contributed by atoms with van der Waals surface area (Å²) in [6.45, 7) is 1.01. The first-order valence-electron chi connectivity index (χ1n) is 10.3. The van der Waals surface area contributed by atoms with Gasteiger partial charge in [0, 0.05) is 6.61 Å². The Labute approximate surface area is 189 Å². The molecule has 3 rings (SSSR count). The summed E-state index contributed by atoms with van der Waals surface area (Å²) in [7, 11) is 0. The fourth-order valence-electron chi connectivity index (χ4n) is 2.81. The van der Waals surface area contributed by atoms with Gasteiger partial charge in [-0.3, -0.25) is 0 Å². The van der Waals surface area contributed by atoms with Crippen molar-refractivity contribution < 1.29 is 23.0 Å². The van der Waals surface area contributed by atoms with E-state index in [1.165, 1.54) is 17.7 Å². The molecule has 1 N–H and O–H groups in total. The van der Waals surface area contributed by atoms with Crippen LogP contribution in [-0.4, -0.2) is 24.9 Å². The number of hydrogen-bond acceptors (Lipinski definition) is 6. The number of nitrogens with zero attached hydrogens (tertiary/aromatic N) is 4. The van der Waals surface area contributed by atoms with E-state index in [1.807, 2.05) is 24.3 Å². The third kappa shape index (κ3) is 8.21. The number of hydrogen-bond donors (Lipinski definition) is 1. The molecule has 0 aliphatic rings. The summed E-state index contributed by atoms with van der Waals surface area (Å²) in [6, 6.07) is 19.1. The third-order valence-corrected chi connectivity index (χ3v) is 4.53. The normalized spacial score (nSPS) is 12.1. The van der Waals surface area contributed by atoms with E-state index in [2.05, 4.69) is 20.5 Å². The Hall–Kier alpha value is -3.43. The molecular weight excluding hydrogens is 433 g/mol. The highest BCUT2D eigenvalue weighted by molar-refractivity contribution is 5.48. The molecule has 0 unspecified atom stereocenters. The topological polar surface area (TPSA) is 78.9 Å². The molecule has 172 valence electrons. The zero-order chi connectivity index (χ0) is 23.5. The van der Waals surface area contributed by atoms with Gasteiger partial charge in [0.25, 0.3) is 0 Å². The van der Waals surface area contributed by atoms with Crippen LogP contribution in [0.2, 0.25) is 0 Å². The fourth-order valence-corrected chi connectivity index (χ4v) is 2.81. The first-order chi connectivity index (χ1) is 15.9. The molecule has 3 aromatic carbocycles. The SMILES string of the molecule is OCCOCCCc1ccc(N=Nc2ccc(N=Nc3ccc(C(F)(F)F)cc3)cc2)cc1. The van der Waals surface area contributed by atoms with Gasteiger partial charge in [0.05, 0.1) is 41.5 Å². The monoisotopic (exact) mass is 456 g/mol. The zero-order valence-electron chi connectivity index (χ0n) is 17.7. The van der Waals surface area contributed by atoms with Crippen molar-refractivity contribution >= 4 is 22.7 Å². The number of azo groups is 2. The van der Waals surface area contributed by atoms with Crippen LogP contribution in [0.1, 0.15) is 17.5 Å². The number of alkyl halides is 3. The van der Waals surface area contributed by atoms with E-state index in [-0.39, 0.29) is 6.61 Å². The molecule has 0 radical (unpaired) electrons. The molecule has 0 aliphatic heterocycles. The summed E-state index contributed by atoms with van der Waals surface area (Å²) < 4.78 is 43.0. The molecule has 0 atom stereocenters. The Morgan fingerprint density at radius 3 is 1.48 bits per heavy atom. The van der Waals surface area contributed by atoms with E-state index in [9.17, 15) is 13.2 Å². The van der Waals surface area contributed by atoms with Crippen LogP contribution < -0.4 is 0 Å². The van der Waals surface area contributed by atoms with Gasteiger partial charge in [0.15, 0.2) is 0 Å². The number of halogens is 3. The van der Waals surface area contributed by atoms with Gasteiger partial charge in [-0.2, -0.15) is 33.6 Å². The lowest BCUT2D eigenvalue weighted by molar-refractivity contribution is -0.137. The Bertz CT molecular complexity index is 1050. The molecule has 3 aromatic rings. The van der Waals surface area contributed by atoms with Crippen molar-refractivity contribution in [3.63, 3.8) is 0 Å². The Kier molecular flexibility index (Phi) is 8.79. The van der Waals surface area contributed by atoms with E-state index in [1.54, 1.807) is 24.3 Å². The average molecular weight is 456 g/mol. The second-order valence-electron chi connectivity index (χ2n) is 7.07. The van der Waals surface area contributed by atoms with Gasteiger partial charge < -0.3 is 9.84 Å². The van der Waals surface area contributed by atoms with E-state index >= 15 is 0 Å². The third-order valence-electron chi connectivity index (χ3n) is 4.53. The highest BCUT2D eigenvalue weighted by atomic mass is 19.4. The van der Waals surface area contributed by atoms with Crippen molar-refractivity contribution in [2.24, 2.45) is 20.5 Å². The van der Waals surface area contributed by atoms with Crippen LogP contribution in [0.25, 0.3) is 0 Å². The fraction of sp³-hybridized carbons (Fsp3) is 0.250. The number of benzene rings is 3. The maximum atomic E-state index is 12.6. The van der Waals surface area contributed by atoms with Gasteiger partial charge in [-0.05, 0) is 79.1 Å². The number of ether oxygens (including phenoxy) is 1. The number of aliphatic hydroxyl groups excluding tert-OH is 1. The smallest absolute Gasteiger partial charge is 0.394 e. The predicted octanol–water partition coefficient (Wildman–Crippen LogP) is 7.48. The molecule has 0 saturated heterocycles. The summed E-state index contributed by atoms with van der Waals surface area (Å²) in [4.78, 5) is 0. The van der Waals surface area contributed by atoms with Crippen molar-refractivity contribution in [3.8, 4) is 0 Å². The lowest BCUT2D eigenvalue weighted by Crippen LogP contribution is -2.03. The average Bonchev–Trinajstić information content (AvgIpc) is 2.82. The van der Waals surface area contributed by atoms with E-state index in [0.717, 1.165) is 30.7 Å². The Morgan fingerprint density at radius 1 is 0.636 bits per heavy atom. The maximum absolute atomic E-state index is 12.6. The first kappa shape index (κ1) is 24.2. The molecule has 0 saturated carbocycles. The molecule has 9 heteroatoms. The summed E-state index contributed by atoms with van der Waals surface area (Å²) in [5.74, 6) is 0. The van der Waals surface area contributed by atoms with Gasteiger partial charge >= 0.3 is 6.18 Å². The zero-order valence-corrected chi connectivity index (χ0v) is 17.7. The molecule has 0 spiro atoms. The molecule has 0 heterocycles. The largest absolute Gasteiger partial charge is 0.416 e. The molecule has 0 bridgehead atoms. The van der Waals surface area contributed by atoms with Crippen LogP contribution in [-0.2, 0) is 17.3 Å². The van der Waals surface area contributed by atoms with E-state index in [0.29, 0.717) is 30.3 Å². The highest BCUT2D eigenvalue weighted by Gasteiger charge is 2.29. The summed E-state index contributed by atoms with van der Waals surface area (Å²) in [5, 5.41) is 25.1. The predicted molar refractivity (Wildman–Crippen MR) is 119 cm³/mol. The maximum Gasteiger partial charge on any atom is 0.416 e. The highest BCUT2D eigenvalue weighted by Crippen LogP contribution is 2.31. The second kappa shape index (κ2) is 12.0. The number of rotatable bonds is 10. The lowest BCUT2D eigenvalue weighted by atomic mass is 10.1. The Balaban J connectivity index is 1.51. The van der Waals surface area contributed by atoms with Crippen LogP contribution in [0.4, 0.5) is 35.9 Å². The number of aliphatic hydroxyl groups is 1. The van der Waals surface area contributed by atoms with Gasteiger partial charge in [0.1, 0.15) is 0 Å². The van der Waals surface area contributed by atoms with Gasteiger partial charge in [-0.1, -0.05) is 12.1 Å². The minimum absolute atomic E-state index is 0.0370. The van der Waals surface area contributed by atoms with E-state index < -0.39 is 11.7 Å². The summed E-state index contributed by atoms with van der Waals surface area (Å²) in [6.07, 6.45) is -2.62. The minimum atomic E-state index is -4.38. The van der Waals surface area contributed by atoms with Crippen molar-refractivity contribution in [2.45, 2.75) is 19.0 Å². The van der Waals surface area contributed by atoms with Crippen LogP contribution in [0.5, 0.6) is 0 Å². The molecule has 0 aromatic heterocycles. The van der Waals surface area contributed by atoms with Crippen LogP contribution in [0, 0.1) is 0 Å². The lowest BCUT2D eigenvalue weighted by Gasteiger charge is -2.05. The van der Waals surface area contributed by atoms with Crippen molar-refractivity contribution in [2.75, 3.05) is 19.8 Å². The molecule has 0 aliphatic carbocycles. The Morgan fingerprint density at radius 2 is 1.06 bits per heavy atom. The summed E-state index contributed by atoms with van der Waals surface area (Å²) in [5.41, 5.74) is 2.67.